The summed E-state index contributed by atoms with van der Waals surface area (Å²) < 4.78 is 5.41. The largest absolute Gasteiger partial charge is 0.381 e. The van der Waals surface area contributed by atoms with Gasteiger partial charge in [0, 0.05) is 44.9 Å². The van der Waals surface area contributed by atoms with Crippen LogP contribution in [0, 0.1) is 5.92 Å². The molecule has 0 aromatic rings. The molecule has 0 amide bonds. The zero-order valence-electron chi connectivity index (χ0n) is 10.6. The number of hydrogen-bond donors (Lipinski definition) is 1. The van der Waals surface area contributed by atoms with E-state index < -0.39 is 0 Å². The number of piperazine rings is 1. The normalized spacial score (nSPS) is 32.8. The van der Waals surface area contributed by atoms with E-state index in [0.717, 1.165) is 45.7 Å². The highest BCUT2D eigenvalue weighted by molar-refractivity contribution is 4.91. The molecule has 0 saturated carbocycles. The third-order valence-electron chi connectivity index (χ3n) is 4.15. The lowest BCUT2D eigenvalue weighted by Crippen LogP contribution is -2.59. The van der Waals surface area contributed by atoms with E-state index in [2.05, 4.69) is 23.9 Å². The number of ether oxygens (including phenoxy) is 1. The summed E-state index contributed by atoms with van der Waals surface area (Å²) in [5.41, 5.74) is 6.45. The lowest BCUT2D eigenvalue weighted by molar-refractivity contribution is 0.0278. The van der Waals surface area contributed by atoms with Gasteiger partial charge in [0.1, 0.15) is 0 Å². The van der Waals surface area contributed by atoms with E-state index in [4.69, 9.17) is 10.5 Å². The standard InChI is InChI=1S/C12H25N3O/c1-14-5-6-15(2)11(9-14)12(13)10-3-7-16-8-4-10/h10-12H,3-9,13H2,1-2H3. The van der Waals surface area contributed by atoms with Gasteiger partial charge in [-0.3, -0.25) is 4.90 Å². The Kier molecular flexibility index (Phi) is 4.19. The van der Waals surface area contributed by atoms with Crippen LogP contribution in [-0.4, -0.2) is 68.8 Å². The van der Waals surface area contributed by atoms with Gasteiger partial charge in [0.15, 0.2) is 0 Å². The molecule has 16 heavy (non-hydrogen) atoms. The fraction of sp³-hybridized carbons (Fsp3) is 1.00. The van der Waals surface area contributed by atoms with Crippen molar-refractivity contribution in [2.45, 2.75) is 24.9 Å². The zero-order valence-corrected chi connectivity index (χ0v) is 10.6. The van der Waals surface area contributed by atoms with Gasteiger partial charge in [-0.05, 0) is 32.9 Å². The average molecular weight is 227 g/mol. The van der Waals surface area contributed by atoms with E-state index >= 15 is 0 Å². The van der Waals surface area contributed by atoms with Crippen molar-refractivity contribution in [1.82, 2.24) is 9.80 Å². The molecule has 2 heterocycles. The number of nitrogens with zero attached hydrogens (tertiary/aromatic N) is 2. The Labute approximate surface area is 98.7 Å². The van der Waals surface area contributed by atoms with Crippen molar-refractivity contribution in [3.63, 3.8) is 0 Å². The Bertz CT molecular complexity index is 218. The number of hydrogen-bond acceptors (Lipinski definition) is 4. The van der Waals surface area contributed by atoms with Gasteiger partial charge in [-0.15, -0.1) is 0 Å². The maximum Gasteiger partial charge on any atom is 0.0469 e. The number of nitrogens with two attached hydrogens (primary N) is 1. The molecular weight excluding hydrogens is 202 g/mol. The van der Waals surface area contributed by atoms with Crippen molar-refractivity contribution in [3.05, 3.63) is 0 Å². The second kappa shape index (κ2) is 5.45. The molecule has 0 bridgehead atoms. The molecule has 0 aromatic heterocycles. The fourth-order valence-electron chi connectivity index (χ4n) is 2.87. The monoisotopic (exact) mass is 227 g/mol. The maximum atomic E-state index is 6.45. The molecule has 2 atom stereocenters. The van der Waals surface area contributed by atoms with Crippen LogP contribution in [0.4, 0.5) is 0 Å². The summed E-state index contributed by atoms with van der Waals surface area (Å²) in [7, 11) is 4.40. The first-order valence-corrected chi connectivity index (χ1v) is 6.40. The van der Waals surface area contributed by atoms with Crippen LogP contribution in [0.3, 0.4) is 0 Å². The Balaban J connectivity index is 1.93. The highest BCUT2D eigenvalue weighted by atomic mass is 16.5. The van der Waals surface area contributed by atoms with Gasteiger partial charge in [-0.2, -0.15) is 0 Å². The molecule has 2 rings (SSSR count). The first-order chi connectivity index (χ1) is 7.68. The highest BCUT2D eigenvalue weighted by Gasteiger charge is 2.33. The van der Waals surface area contributed by atoms with Crippen LogP contribution in [0.15, 0.2) is 0 Å². The summed E-state index contributed by atoms with van der Waals surface area (Å²) >= 11 is 0. The Morgan fingerprint density at radius 1 is 1.19 bits per heavy atom. The Morgan fingerprint density at radius 2 is 1.88 bits per heavy atom. The molecule has 2 fully saturated rings. The zero-order chi connectivity index (χ0) is 11.5. The van der Waals surface area contributed by atoms with E-state index in [9.17, 15) is 0 Å². The summed E-state index contributed by atoms with van der Waals surface area (Å²) in [5.74, 6) is 0.646. The molecule has 4 heteroatoms. The molecule has 2 aliphatic rings. The summed E-state index contributed by atoms with van der Waals surface area (Å²) in [6.45, 7) is 5.19. The topological polar surface area (TPSA) is 41.7 Å². The minimum absolute atomic E-state index is 0.302. The lowest BCUT2D eigenvalue weighted by atomic mass is 9.86. The van der Waals surface area contributed by atoms with Gasteiger partial charge >= 0.3 is 0 Å². The van der Waals surface area contributed by atoms with Crippen molar-refractivity contribution >= 4 is 0 Å². The lowest BCUT2D eigenvalue weighted by Gasteiger charge is -2.43. The molecular formula is C12H25N3O. The van der Waals surface area contributed by atoms with Crippen molar-refractivity contribution < 1.29 is 4.74 Å². The summed E-state index contributed by atoms with van der Waals surface area (Å²) in [5, 5.41) is 0. The van der Waals surface area contributed by atoms with Crippen LogP contribution in [-0.2, 0) is 4.74 Å². The van der Waals surface area contributed by atoms with E-state index in [-0.39, 0.29) is 0 Å². The van der Waals surface area contributed by atoms with Gasteiger partial charge < -0.3 is 15.4 Å². The smallest absolute Gasteiger partial charge is 0.0469 e. The fourth-order valence-corrected chi connectivity index (χ4v) is 2.87. The van der Waals surface area contributed by atoms with E-state index in [0.29, 0.717) is 18.0 Å². The average Bonchev–Trinajstić information content (AvgIpc) is 2.32. The van der Waals surface area contributed by atoms with Crippen molar-refractivity contribution in [1.29, 1.82) is 0 Å². The van der Waals surface area contributed by atoms with Gasteiger partial charge in [-0.1, -0.05) is 0 Å². The number of rotatable bonds is 2. The van der Waals surface area contributed by atoms with Gasteiger partial charge in [0.05, 0.1) is 0 Å². The third kappa shape index (κ3) is 2.74. The summed E-state index contributed by atoms with van der Waals surface area (Å²) in [6.07, 6.45) is 2.27. The van der Waals surface area contributed by atoms with Gasteiger partial charge in [-0.25, -0.2) is 0 Å². The molecule has 2 saturated heterocycles. The van der Waals surface area contributed by atoms with Crippen molar-refractivity contribution in [2.24, 2.45) is 11.7 Å². The highest BCUT2D eigenvalue weighted by Crippen LogP contribution is 2.22. The second-order valence-corrected chi connectivity index (χ2v) is 5.34. The minimum atomic E-state index is 0.302. The van der Waals surface area contributed by atoms with Gasteiger partial charge in [0.25, 0.3) is 0 Å². The molecule has 2 unspecified atom stereocenters. The maximum absolute atomic E-state index is 6.45. The molecule has 0 spiro atoms. The molecule has 94 valence electrons. The van der Waals surface area contributed by atoms with Crippen LogP contribution < -0.4 is 5.73 Å². The predicted octanol–water partition coefficient (Wildman–Crippen LogP) is -0.0139. The quantitative estimate of drug-likeness (QED) is 0.720. The summed E-state index contributed by atoms with van der Waals surface area (Å²) in [4.78, 5) is 4.82. The predicted molar refractivity (Wildman–Crippen MR) is 65.4 cm³/mol. The minimum Gasteiger partial charge on any atom is -0.381 e. The first kappa shape index (κ1) is 12.3. The molecule has 2 N–H and O–H groups in total. The van der Waals surface area contributed by atoms with Crippen LogP contribution in [0.1, 0.15) is 12.8 Å². The summed E-state index contributed by atoms with van der Waals surface area (Å²) in [6, 6.07) is 0.818. The molecule has 2 aliphatic heterocycles. The molecule has 0 aliphatic carbocycles. The van der Waals surface area contributed by atoms with Crippen molar-refractivity contribution in [2.75, 3.05) is 46.9 Å². The molecule has 0 aromatic carbocycles. The second-order valence-electron chi connectivity index (χ2n) is 5.34. The Morgan fingerprint density at radius 3 is 2.56 bits per heavy atom. The van der Waals surface area contributed by atoms with E-state index in [1.165, 1.54) is 0 Å². The number of likely N-dealkylation sites (N-methyl/N-ethyl adjacent to an activating group) is 2. The van der Waals surface area contributed by atoms with E-state index in [1.54, 1.807) is 0 Å². The van der Waals surface area contributed by atoms with Crippen LogP contribution >= 0.6 is 0 Å². The van der Waals surface area contributed by atoms with Crippen LogP contribution in [0.25, 0.3) is 0 Å². The van der Waals surface area contributed by atoms with Crippen LogP contribution in [0.5, 0.6) is 0 Å². The van der Waals surface area contributed by atoms with Crippen LogP contribution in [0.2, 0.25) is 0 Å². The van der Waals surface area contributed by atoms with Gasteiger partial charge in [0.2, 0.25) is 0 Å². The molecule has 4 nitrogen and oxygen atoms in total. The SMILES string of the molecule is CN1CCN(C)C(C(N)C2CCOCC2)C1. The molecule has 0 radical (unpaired) electrons. The van der Waals surface area contributed by atoms with E-state index in [1.807, 2.05) is 0 Å². The van der Waals surface area contributed by atoms with Crippen molar-refractivity contribution in [3.8, 4) is 0 Å². The first-order valence-electron chi connectivity index (χ1n) is 6.40. The Hall–Kier alpha value is -0.160. The third-order valence-corrected chi connectivity index (χ3v) is 4.15.